The van der Waals surface area contributed by atoms with Crippen LogP contribution in [0.1, 0.15) is 36.1 Å². The molecule has 0 saturated carbocycles. The molecule has 27 heavy (non-hydrogen) atoms. The van der Waals surface area contributed by atoms with Crippen molar-refractivity contribution in [3.05, 3.63) is 74.6 Å². The van der Waals surface area contributed by atoms with Crippen molar-refractivity contribution in [1.29, 1.82) is 0 Å². The van der Waals surface area contributed by atoms with Gasteiger partial charge in [0.05, 0.1) is 17.0 Å². The number of hydrogen-bond acceptors (Lipinski definition) is 3. The molecule has 1 aliphatic rings. The summed E-state index contributed by atoms with van der Waals surface area (Å²) >= 11 is 7.69. The topological polar surface area (TPSA) is 37.4 Å². The highest BCUT2D eigenvalue weighted by molar-refractivity contribution is 8.04. The number of rotatable bonds is 5. The van der Waals surface area contributed by atoms with Crippen molar-refractivity contribution in [3.8, 4) is 0 Å². The van der Waals surface area contributed by atoms with Crippen molar-refractivity contribution < 1.29 is 9.59 Å². The summed E-state index contributed by atoms with van der Waals surface area (Å²) in [7, 11) is 0. The first-order valence-corrected chi connectivity index (χ1v) is 10.1. The third-order valence-electron chi connectivity index (χ3n) is 4.42. The molecule has 5 heteroatoms. The number of halogens is 1. The average Bonchev–Trinajstić information content (AvgIpc) is 2.81. The summed E-state index contributed by atoms with van der Waals surface area (Å²) < 4.78 is 0. The van der Waals surface area contributed by atoms with E-state index >= 15 is 0 Å². The lowest BCUT2D eigenvalue weighted by atomic mass is 9.99. The molecule has 2 aromatic rings. The first-order chi connectivity index (χ1) is 12.8. The Labute approximate surface area is 169 Å². The minimum Gasteiger partial charge on any atom is -0.269 e. The Morgan fingerprint density at radius 2 is 1.74 bits per heavy atom. The van der Waals surface area contributed by atoms with Gasteiger partial charge in [-0.05, 0) is 36.6 Å². The van der Waals surface area contributed by atoms with E-state index in [1.54, 1.807) is 6.07 Å². The van der Waals surface area contributed by atoms with E-state index < -0.39 is 0 Å². The number of carbonyl (C=O) groups excluding carboxylic acids is 2. The van der Waals surface area contributed by atoms with E-state index in [9.17, 15) is 9.59 Å². The maximum atomic E-state index is 13.3. The third-order valence-corrected chi connectivity index (χ3v) is 5.87. The van der Waals surface area contributed by atoms with Gasteiger partial charge in [-0.2, -0.15) is 0 Å². The Bertz CT molecular complexity index is 949. The molecule has 0 atom stereocenters. The molecule has 0 N–H and O–H groups in total. The second kappa shape index (κ2) is 7.91. The molecular formula is C22H22ClNO2S. The molecule has 140 valence electrons. The quantitative estimate of drug-likeness (QED) is 0.633. The second-order valence-electron chi connectivity index (χ2n) is 6.98. The number of thioether (sulfide) groups is 1. The van der Waals surface area contributed by atoms with Crippen molar-refractivity contribution in [2.45, 2.75) is 39.5 Å². The number of amides is 2. The number of hydrogen-bond donors (Lipinski definition) is 0. The van der Waals surface area contributed by atoms with Crippen LogP contribution in [0.5, 0.6) is 0 Å². The number of benzene rings is 2. The van der Waals surface area contributed by atoms with Gasteiger partial charge in [0.15, 0.2) is 0 Å². The lowest BCUT2D eigenvalue weighted by molar-refractivity contribution is -0.137. The van der Waals surface area contributed by atoms with Crippen molar-refractivity contribution in [1.82, 2.24) is 4.90 Å². The molecule has 2 aromatic carbocycles. The maximum absolute atomic E-state index is 13.3. The molecule has 0 aliphatic carbocycles. The maximum Gasteiger partial charge on any atom is 0.268 e. The number of nitrogens with zero attached hydrogens (tertiary/aromatic N) is 1. The summed E-state index contributed by atoms with van der Waals surface area (Å²) in [5.41, 5.74) is 4.20. The van der Waals surface area contributed by atoms with Crippen LogP contribution in [0.4, 0.5) is 0 Å². The predicted molar refractivity (Wildman–Crippen MR) is 113 cm³/mol. The van der Waals surface area contributed by atoms with Crippen LogP contribution in [0.25, 0.3) is 5.57 Å². The molecule has 3 rings (SSSR count). The van der Waals surface area contributed by atoms with Gasteiger partial charge in [0.25, 0.3) is 11.8 Å². The fourth-order valence-electron chi connectivity index (χ4n) is 3.17. The zero-order valence-corrected chi connectivity index (χ0v) is 17.4. The Balaban J connectivity index is 2.05. The number of aryl methyl sites for hydroxylation is 2. The Hall–Kier alpha value is -2.04. The summed E-state index contributed by atoms with van der Waals surface area (Å²) in [5, 5.41) is 0.744. The molecule has 0 aromatic heterocycles. The van der Waals surface area contributed by atoms with Gasteiger partial charge in [-0.3, -0.25) is 14.5 Å². The van der Waals surface area contributed by atoms with Crippen molar-refractivity contribution in [3.63, 3.8) is 0 Å². The lowest BCUT2D eigenvalue weighted by Gasteiger charge is -2.16. The van der Waals surface area contributed by atoms with Crippen LogP contribution in [0, 0.1) is 13.8 Å². The molecule has 0 bridgehead atoms. The van der Waals surface area contributed by atoms with Crippen LogP contribution in [-0.4, -0.2) is 22.0 Å². The Morgan fingerprint density at radius 3 is 2.37 bits per heavy atom. The number of carbonyl (C=O) groups is 2. The van der Waals surface area contributed by atoms with Gasteiger partial charge in [0, 0.05) is 10.3 Å². The van der Waals surface area contributed by atoms with Gasteiger partial charge in [-0.25, -0.2) is 0 Å². The van der Waals surface area contributed by atoms with Crippen LogP contribution in [0.3, 0.4) is 0 Å². The highest BCUT2D eigenvalue weighted by Gasteiger charge is 2.40. The molecular weight excluding hydrogens is 378 g/mol. The largest absolute Gasteiger partial charge is 0.269 e. The van der Waals surface area contributed by atoms with Crippen LogP contribution >= 0.6 is 23.4 Å². The molecule has 0 fully saturated rings. The zero-order valence-electron chi connectivity index (χ0n) is 15.9. The molecule has 0 radical (unpaired) electrons. The Morgan fingerprint density at radius 1 is 1.04 bits per heavy atom. The predicted octanol–water partition coefficient (Wildman–Crippen LogP) is 5.38. The molecule has 1 aliphatic heterocycles. The summed E-state index contributed by atoms with van der Waals surface area (Å²) in [6.07, 6.45) is 0. The van der Waals surface area contributed by atoms with Gasteiger partial charge < -0.3 is 0 Å². The van der Waals surface area contributed by atoms with Gasteiger partial charge >= 0.3 is 0 Å². The van der Waals surface area contributed by atoms with Crippen LogP contribution in [-0.2, 0) is 16.1 Å². The molecule has 0 spiro atoms. The molecule has 1 heterocycles. The Kier molecular flexibility index (Phi) is 5.78. The second-order valence-corrected chi connectivity index (χ2v) is 8.97. The van der Waals surface area contributed by atoms with Crippen LogP contribution in [0.2, 0.25) is 5.02 Å². The van der Waals surface area contributed by atoms with Crippen LogP contribution < -0.4 is 0 Å². The third kappa shape index (κ3) is 3.97. The van der Waals surface area contributed by atoms with Crippen LogP contribution in [0.15, 0.2) is 47.4 Å². The summed E-state index contributed by atoms with van der Waals surface area (Å²) in [6, 6.07) is 13.2. The van der Waals surface area contributed by atoms with Gasteiger partial charge in [0.1, 0.15) is 0 Å². The standard InChI is InChI=1S/C22H22ClNO2S/c1-13(2)27-20-19(17-10-9-14(3)11-15(17)4)21(25)24(22(20)26)12-16-7-5-6-8-18(16)23/h5-11,13H,12H2,1-4H3. The van der Waals surface area contributed by atoms with E-state index in [0.717, 1.165) is 22.3 Å². The van der Waals surface area contributed by atoms with E-state index in [0.29, 0.717) is 15.5 Å². The summed E-state index contributed by atoms with van der Waals surface area (Å²) in [6.45, 7) is 8.20. The van der Waals surface area contributed by atoms with Gasteiger partial charge in [-0.1, -0.05) is 67.4 Å². The van der Waals surface area contributed by atoms with E-state index in [2.05, 4.69) is 0 Å². The van der Waals surface area contributed by atoms with E-state index in [4.69, 9.17) is 11.6 Å². The molecule has 2 amide bonds. The SMILES string of the molecule is Cc1ccc(C2=C(SC(C)C)C(=O)N(Cc3ccccc3Cl)C2=O)c(C)c1. The smallest absolute Gasteiger partial charge is 0.268 e. The molecule has 3 nitrogen and oxygen atoms in total. The molecule has 0 unspecified atom stereocenters. The fourth-order valence-corrected chi connectivity index (χ4v) is 4.36. The van der Waals surface area contributed by atoms with E-state index in [1.165, 1.54) is 16.7 Å². The first kappa shape index (κ1) is 19.7. The molecule has 0 saturated heterocycles. The fraction of sp³-hybridized carbons (Fsp3) is 0.273. The van der Waals surface area contributed by atoms with Gasteiger partial charge in [-0.15, -0.1) is 11.8 Å². The van der Waals surface area contributed by atoms with Crippen molar-refractivity contribution in [2.75, 3.05) is 0 Å². The van der Waals surface area contributed by atoms with Crippen molar-refractivity contribution in [2.24, 2.45) is 0 Å². The summed E-state index contributed by atoms with van der Waals surface area (Å²) in [5.74, 6) is -0.497. The average molecular weight is 400 g/mol. The first-order valence-electron chi connectivity index (χ1n) is 8.87. The minimum atomic E-state index is -0.255. The minimum absolute atomic E-state index is 0.175. The monoisotopic (exact) mass is 399 g/mol. The van der Waals surface area contributed by atoms with Crippen molar-refractivity contribution >= 4 is 40.8 Å². The number of imide groups is 1. The van der Waals surface area contributed by atoms with Gasteiger partial charge in [0.2, 0.25) is 0 Å². The van der Waals surface area contributed by atoms with E-state index in [-0.39, 0.29) is 23.6 Å². The normalized spacial score (nSPS) is 14.7. The highest BCUT2D eigenvalue weighted by atomic mass is 35.5. The van der Waals surface area contributed by atoms with E-state index in [1.807, 2.05) is 64.1 Å². The lowest BCUT2D eigenvalue weighted by Crippen LogP contribution is -2.31. The summed E-state index contributed by atoms with van der Waals surface area (Å²) in [4.78, 5) is 28.2. The zero-order chi connectivity index (χ0) is 19.7. The highest BCUT2D eigenvalue weighted by Crippen LogP contribution is 2.39.